The summed E-state index contributed by atoms with van der Waals surface area (Å²) in [5.74, 6) is 2.03. The Morgan fingerprint density at radius 2 is 2.23 bits per heavy atom. The van der Waals surface area contributed by atoms with Crippen molar-refractivity contribution in [3.8, 4) is 0 Å². The van der Waals surface area contributed by atoms with E-state index in [4.69, 9.17) is 0 Å². The van der Waals surface area contributed by atoms with Gasteiger partial charge in [-0.15, -0.1) is 0 Å². The Hall–Kier alpha value is -0.590. The summed E-state index contributed by atoms with van der Waals surface area (Å²) in [5.41, 5.74) is 1.82. The van der Waals surface area contributed by atoms with Crippen LogP contribution in [0.4, 0.5) is 0 Å². The second-order valence-electron chi connectivity index (χ2n) is 5.22. The third-order valence-electron chi connectivity index (χ3n) is 4.39. The molecule has 0 aliphatic heterocycles. The molecule has 0 N–H and O–H groups in total. The molecule has 1 heteroatoms. The van der Waals surface area contributed by atoms with Gasteiger partial charge in [-0.3, -0.25) is 0 Å². The molecule has 72 valence electrons. The highest BCUT2D eigenvalue weighted by atomic mass is 16.1. The Labute approximate surface area is 80.2 Å². The topological polar surface area (TPSA) is 17.1 Å². The normalized spacial score (nSPS) is 41.1. The SMILES string of the molecule is C=C1C2CC(C[C@@H]1CC=O)C2(C)C. The Morgan fingerprint density at radius 3 is 2.69 bits per heavy atom. The van der Waals surface area contributed by atoms with E-state index in [1.807, 2.05) is 0 Å². The van der Waals surface area contributed by atoms with E-state index in [0.717, 1.165) is 12.2 Å². The number of hydrogen-bond acceptors (Lipinski definition) is 1. The second kappa shape index (κ2) is 2.70. The Morgan fingerprint density at radius 1 is 1.54 bits per heavy atom. The second-order valence-corrected chi connectivity index (χ2v) is 5.22. The summed E-state index contributed by atoms with van der Waals surface area (Å²) in [6.45, 7) is 8.85. The maximum atomic E-state index is 10.5. The molecular formula is C12H18O. The van der Waals surface area contributed by atoms with Crippen molar-refractivity contribution in [2.24, 2.45) is 23.2 Å². The minimum atomic E-state index is 0.469. The fourth-order valence-corrected chi connectivity index (χ4v) is 3.19. The lowest BCUT2D eigenvalue weighted by atomic mass is 9.45. The predicted octanol–water partition coefficient (Wildman–Crippen LogP) is 2.81. The van der Waals surface area contributed by atoms with Crippen molar-refractivity contribution in [3.05, 3.63) is 12.2 Å². The summed E-state index contributed by atoms with van der Waals surface area (Å²) >= 11 is 0. The first kappa shape index (κ1) is 8.98. The van der Waals surface area contributed by atoms with Gasteiger partial charge in [0.05, 0.1) is 0 Å². The van der Waals surface area contributed by atoms with Gasteiger partial charge in [0.2, 0.25) is 0 Å². The Balaban J connectivity index is 2.12. The van der Waals surface area contributed by atoms with Gasteiger partial charge in [-0.2, -0.15) is 0 Å². The molecule has 3 fully saturated rings. The number of fused-ring (bicyclic) bond motifs is 2. The molecule has 0 amide bonds. The molecule has 0 aromatic heterocycles. The zero-order chi connectivity index (χ0) is 9.64. The average Bonchev–Trinajstić information content (AvgIpc) is 2.08. The Kier molecular flexibility index (Phi) is 1.86. The first-order chi connectivity index (χ1) is 6.07. The van der Waals surface area contributed by atoms with Gasteiger partial charge < -0.3 is 4.79 Å². The van der Waals surface area contributed by atoms with Crippen LogP contribution in [0.1, 0.15) is 33.1 Å². The zero-order valence-electron chi connectivity index (χ0n) is 8.55. The summed E-state index contributed by atoms with van der Waals surface area (Å²) in [6.07, 6.45) is 4.26. The molecule has 0 radical (unpaired) electrons. The minimum Gasteiger partial charge on any atom is -0.303 e. The van der Waals surface area contributed by atoms with E-state index < -0.39 is 0 Å². The highest BCUT2D eigenvalue weighted by molar-refractivity contribution is 5.51. The molecule has 0 heterocycles. The van der Waals surface area contributed by atoms with Crippen LogP contribution in [0.15, 0.2) is 12.2 Å². The number of rotatable bonds is 2. The van der Waals surface area contributed by atoms with Crippen LogP contribution in [0, 0.1) is 23.2 Å². The van der Waals surface area contributed by atoms with E-state index in [9.17, 15) is 4.79 Å². The maximum Gasteiger partial charge on any atom is 0.120 e. The van der Waals surface area contributed by atoms with Crippen molar-refractivity contribution >= 4 is 6.29 Å². The summed E-state index contributed by atoms with van der Waals surface area (Å²) < 4.78 is 0. The summed E-state index contributed by atoms with van der Waals surface area (Å²) in [6, 6.07) is 0. The van der Waals surface area contributed by atoms with E-state index in [1.165, 1.54) is 18.4 Å². The van der Waals surface area contributed by atoms with Crippen LogP contribution in [-0.2, 0) is 4.79 Å². The van der Waals surface area contributed by atoms with Gasteiger partial charge in [0.1, 0.15) is 6.29 Å². The van der Waals surface area contributed by atoms with E-state index >= 15 is 0 Å². The van der Waals surface area contributed by atoms with Gasteiger partial charge >= 0.3 is 0 Å². The number of carbonyl (C=O) groups is 1. The zero-order valence-corrected chi connectivity index (χ0v) is 8.55. The maximum absolute atomic E-state index is 10.5. The Bertz CT molecular complexity index is 252. The van der Waals surface area contributed by atoms with Crippen molar-refractivity contribution in [3.63, 3.8) is 0 Å². The third kappa shape index (κ3) is 1.09. The molecule has 3 aliphatic carbocycles. The van der Waals surface area contributed by atoms with Gasteiger partial charge in [-0.25, -0.2) is 0 Å². The van der Waals surface area contributed by atoms with Crippen LogP contribution in [0.25, 0.3) is 0 Å². The van der Waals surface area contributed by atoms with Gasteiger partial charge in [0, 0.05) is 6.42 Å². The molecular weight excluding hydrogens is 160 g/mol. The molecule has 0 aromatic rings. The lowest BCUT2D eigenvalue weighted by Crippen LogP contribution is -2.51. The number of allylic oxidation sites excluding steroid dienone is 1. The van der Waals surface area contributed by atoms with Gasteiger partial charge in [-0.1, -0.05) is 26.0 Å². The fraction of sp³-hybridized carbons (Fsp3) is 0.750. The molecule has 3 aliphatic rings. The first-order valence-electron chi connectivity index (χ1n) is 5.19. The van der Waals surface area contributed by atoms with Gasteiger partial charge in [-0.05, 0) is 36.0 Å². The van der Waals surface area contributed by atoms with Crippen molar-refractivity contribution in [2.75, 3.05) is 0 Å². The van der Waals surface area contributed by atoms with Crippen LogP contribution in [0.3, 0.4) is 0 Å². The molecule has 13 heavy (non-hydrogen) atoms. The minimum absolute atomic E-state index is 0.469. The van der Waals surface area contributed by atoms with Crippen molar-refractivity contribution in [1.29, 1.82) is 0 Å². The smallest absolute Gasteiger partial charge is 0.120 e. The van der Waals surface area contributed by atoms with E-state index in [2.05, 4.69) is 20.4 Å². The number of hydrogen-bond donors (Lipinski definition) is 0. The van der Waals surface area contributed by atoms with Crippen LogP contribution >= 0.6 is 0 Å². The average molecular weight is 178 g/mol. The molecule has 2 bridgehead atoms. The largest absolute Gasteiger partial charge is 0.303 e. The summed E-state index contributed by atoms with van der Waals surface area (Å²) in [5, 5.41) is 0. The van der Waals surface area contributed by atoms with Crippen molar-refractivity contribution in [2.45, 2.75) is 33.1 Å². The molecule has 2 unspecified atom stereocenters. The van der Waals surface area contributed by atoms with Crippen LogP contribution in [-0.4, -0.2) is 6.29 Å². The monoisotopic (exact) mass is 178 g/mol. The molecule has 1 nitrogen and oxygen atoms in total. The fourth-order valence-electron chi connectivity index (χ4n) is 3.19. The van der Waals surface area contributed by atoms with Gasteiger partial charge in [0.25, 0.3) is 0 Å². The van der Waals surface area contributed by atoms with E-state index in [1.54, 1.807) is 0 Å². The molecule has 3 saturated carbocycles. The molecule has 3 atom stereocenters. The summed E-state index contributed by atoms with van der Waals surface area (Å²) in [7, 11) is 0. The highest BCUT2D eigenvalue weighted by Gasteiger charge is 2.54. The van der Waals surface area contributed by atoms with Gasteiger partial charge in [0.15, 0.2) is 0 Å². The lowest BCUT2D eigenvalue weighted by molar-refractivity contribution is -0.110. The van der Waals surface area contributed by atoms with Crippen LogP contribution in [0.5, 0.6) is 0 Å². The lowest BCUT2D eigenvalue weighted by Gasteiger charge is -2.60. The third-order valence-corrected chi connectivity index (χ3v) is 4.39. The molecule has 0 spiro atoms. The molecule has 3 rings (SSSR count). The molecule has 0 saturated heterocycles. The van der Waals surface area contributed by atoms with Crippen LogP contribution in [0.2, 0.25) is 0 Å². The highest BCUT2D eigenvalue weighted by Crippen LogP contribution is 2.62. The van der Waals surface area contributed by atoms with Crippen molar-refractivity contribution < 1.29 is 4.79 Å². The number of aldehydes is 1. The predicted molar refractivity (Wildman–Crippen MR) is 53.3 cm³/mol. The molecule has 0 aromatic carbocycles. The van der Waals surface area contributed by atoms with Crippen LogP contribution < -0.4 is 0 Å². The van der Waals surface area contributed by atoms with E-state index in [0.29, 0.717) is 23.7 Å². The number of carbonyl (C=O) groups excluding carboxylic acids is 1. The van der Waals surface area contributed by atoms with Crippen molar-refractivity contribution in [1.82, 2.24) is 0 Å². The first-order valence-corrected chi connectivity index (χ1v) is 5.19. The quantitative estimate of drug-likeness (QED) is 0.469. The summed E-state index contributed by atoms with van der Waals surface area (Å²) in [4.78, 5) is 10.5. The van der Waals surface area contributed by atoms with E-state index in [-0.39, 0.29) is 0 Å². The standard InChI is InChI=1S/C12H18O/c1-8-9(4-5-13)6-10-7-11(8)12(10,2)3/h5,9-11H,1,4,6-7H2,2-3H3/t9-,10?,11?/m0/s1.